The third-order valence-electron chi connectivity index (χ3n) is 4.36. The minimum atomic E-state index is -3.16. The highest BCUT2D eigenvalue weighted by molar-refractivity contribution is 7.89. The maximum Gasteiger partial charge on any atom is 0.217 e. The Morgan fingerprint density at radius 1 is 1.10 bits per heavy atom. The molecule has 0 aliphatic carbocycles. The Bertz CT molecular complexity index is 379. The van der Waals surface area contributed by atoms with Gasteiger partial charge in [0, 0.05) is 25.7 Å². The summed E-state index contributed by atoms with van der Waals surface area (Å²) in [5, 5.41) is 2.88. The fourth-order valence-corrected chi connectivity index (χ4v) is 4.34. The Kier molecular flexibility index (Phi) is 6.95. The van der Waals surface area contributed by atoms with Crippen LogP contribution in [-0.2, 0) is 10.0 Å². The molecule has 1 fully saturated rings. The van der Waals surface area contributed by atoms with Crippen molar-refractivity contribution >= 4 is 10.0 Å². The molecule has 4 nitrogen and oxygen atoms in total. The molecule has 1 heterocycles. The largest absolute Gasteiger partial charge is 0.313 e. The molecule has 1 saturated heterocycles. The summed E-state index contributed by atoms with van der Waals surface area (Å²) in [7, 11) is -3.16. The van der Waals surface area contributed by atoms with Crippen molar-refractivity contribution in [2.75, 3.05) is 19.6 Å². The van der Waals surface area contributed by atoms with Crippen molar-refractivity contribution in [3.05, 3.63) is 0 Å². The zero-order valence-electron chi connectivity index (χ0n) is 13.7. The molecule has 20 heavy (non-hydrogen) atoms. The molecular weight excluding hydrogens is 272 g/mol. The van der Waals surface area contributed by atoms with Crippen molar-refractivity contribution in [3.63, 3.8) is 0 Å². The van der Waals surface area contributed by atoms with Gasteiger partial charge in [-0.3, -0.25) is 0 Å². The van der Waals surface area contributed by atoms with Gasteiger partial charge in [-0.15, -0.1) is 0 Å². The van der Waals surface area contributed by atoms with Crippen molar-refractivity contribution in [2.45, 2.75) is 65.2 Å². The summed E-state index contributed by atoms with van der Waals surface area (Å²) in [4.78, 5) is 0. The second-order valence-electron chi connectivity index (χ2n) is 6.75. The predicted molar refractivity (Wildman–Crippen MR) is 85.3 cm³/mol. The van der Waals surface area contributed by atoms with E-state index in [1.165, 1.54) is 0 Å². The molecule has 5 heteroatoms. The van der Waals surface area contributed by atoms with E-state index in [-0.39, 0.29) is 5.25 Å². The second-order valence-corrected chi connectivity index (χ2v) is 9.10. The lowest BCUT2D eigenvalue weighted by molar-refractivity contribution is 0.340. The van der Waals surface area contributed by atoms with E-state index in [4.69, 9.17) is 0 Å². The molecule has 0 spiro atoms. The van der Waals surface area contributed by atoms with Crippen LogP contribution in [0.5, 0.6) is 0 Å². The smallest absolute Gasteiger partial charge is 0.217 e. The average molecular weight is 305 g/mol. The first kappa shape index (κ1) is 17.9. The zero-order valence-corrected chi connectivity index (χ0v) is 14.5. The molecule has 0 aromatic heterocycles. The van der Waals surface area contributed by atoms with Crippen molar-refractivity contribution in [1.29, 1.82) is 0 Å². The van der Waals surface area contributed by atoms with Crippen LogP contribution in [0, 0.1) is 11.8 Å². The Hall–Kier alpha value is -0.130. The van der Waals surface area contributed by atoms with E-state index >= 15 is 0 Å². The summed E-state index contributed by atoms with van der Waals surface area (Å²) in [6.45, 7) is 12.3. The summed E-state index contributed by atoms with van der Waals surface area (Å²) < 4.78 is 27.0. The monoisotopic (exact) mass is 304 g/mol. The van der Waals surface area contributed by atoms with Crippen LogP contribution in [0.3, 0.4) is 0 Å². The van der Waals surface area contributed by atoms with Crippen molar-refractivity contribution in [1.82, 2.24) is 9.62 Å². The third kappa shape index (κ3) is 5.01. The normalized spacial score (nSPS) is 24.1. The Morgan fingerprint density at radius 3 is 2.30 bits per heavy atom. The highest BCUT2D eigenvalue weighted by Gasteiger charge is 2.31. The van der Waals surface area contributed by atoms with Crippen molar-refractivity contribution in [3.8, 4) is 0 Å². The Balaban J connectivity index is 2.63. The van der Waals surface area contributed by atoms with Gasteiger partial charge in [-0.1, -0.05) is 27.7 Å². The van der Waals surface area contributed by atoms with Gasteiger partial charge < -0.3 is 5.32 Å². The van der Waals surface area contributed by atoms with Crippen molar-refractivity contribution in [2.24, 2.45) is 11.8 Å². The van der Waals surface area contributed by atoms with Gasteiger partial charge in [-0.2, -0.15) is 0 Å². The van der Waals surface area contributed by atoms with E-state index < -0.39 is 10.0 Å². The highest BCUT2D eigenvalue weighted by atomic mass is 32.2. The number of hydrogen-bond acceptors (Lipinski definition) is 3. The van der Waals surface area contributed by atoms with E-state index in [1.54, 1.807) is 4.31 Å². The Morgan fingerprint density at radius 2 is 1.75 bits per heavy atom. The molecule has 2 unspecified atom stereocenters. The van der Waals surface area contributed by atoms with Crippen LogP contribution in [0.1, 0.15) is 53.9 Å². The van der Waals surface area contributed by atoms with Crippen LogP contribution >= 0.6 is 0 Å². The van der Waals surface area contributed by atoms with Gasteiger partial charge in [0.05, 0.1) is 5.25 Å². The number of hydrogen-bond donors (Lipinski definition) is 1. The average Bonchev–Trinajstić information content (AvgIpc) is 2.61. The second kappa shape index (κ2) is 7.76. The number of rotatable bonds is 6. The molecule has 0 aromatic rings. The standard InChI is InChI=1S/C15H32N2O2S/c1-12(2)15-7-6-9-17(10-8-15)20(18,19)14(5)11-16-13(3)4/h12-16H,6-11H2,1-5H3. The molecule has 0 saturated carbocycles. The van der Waals surface area contributed by atoms with Gasteiger partial charge in [0.15, 0.2) is 0 Å². The number of sulfonamides is 1. The first-order valence-electron chi connectivity index (χ1n) is 7.97. The van der Waals surface area contributed by atoms with E-state index in [0.717, 1.165) is 19.3 Å². The number of nitrogens with one attached hydrogen (secondary N) is 1. The van der Waals surface area contributed by atoms with Crippen molar-refractivity contribution < 1.29 is 8.42 Å². The quantitative estimate of drug-likeness (QED) is 0.820. The number of nitrogens with zero attached hydrogens (tertiary/aromatic N) is 1. The van der Waals surface area contributed by atoms with Crippen LogP contribution in [0.15, 0.2) is 0 Å². The summed E-state index contributed by atoms with van der Waals surface area (Å²) in [6, 6.07) is 0.321. The van der Waals surface area contributed by atoms with Gasteiger partial charge in [0.25, 0.3) is 0 Å². The fraction of sp³-hybridized carbons (Fsp3) is 1.00. The third-order valence-corrected chi connectivity index (χ3v) is 6.63. The summed E-state index contributed by atoms with van der Waals surface area (Å²) in [6.07, 6.45) is 3.15. The summed E-state index contributed by atoms with van der Waals surface area (Å²) >= 11 is 0. The molecule has 0 radical (unpaired) electrons. The molecule has 0 amide bonds. The lowest BCUT2D eigenvalue weighted by atomic mass is 9.89. The minimum Gasteiger partial charge on any atom is -0.313 e. The molecular formula is C15H32N2O2S. The van der Waals surface area contributed by atoms with Gasteiger partial charge in [-0.05, 0) is 38.0 Å². The van der Waals surface area contributed by atoms with Crippen LogP contribution < -0.4 is 5.32 Å². The Labute approximate surface area is 125 Å². The summed E-state index contributed by atoms with van der Waals surface area (Å²) in [5.41, 5.74) is 0. The maximum absolute atomic E-state index is 12.6. The first-order chi connectivity index (χ1) is 9.25. The lowest BCUT2D eigenvalue weighted by Gasteiger charge is -2.25. The maximum atomic E-state index is 12.6. The lowest BCUT2D eigenvalue weighted by Crippen LogP contribution is -2.43. The molecule has 1 rings (SSSR count). The fourth-order valence-electron chi connectivity index (χ4n) is 2.78. The SMILES string of the molecule is CC(C)NCC(C)S(=O)(=O)N1CCCC(C(C)C)CC1. The molecule has 120 valence electrons. The predicted octanol–water partition coefficient (Wildman–Crippen LogP) is 2.46. The highest BCUT2D eigenvalue weighted by Crippen LogP contribution is 2.26. The van der Waals surface area contributed by atoms with Crippen LogP contribution in [0.4, 0.5) is 0 Å². The topological polar surface area (TPSA) is 49.4 Å². The molecule has 1 aliphatic rings. The zero-order chi connectivity index (χ0) is 15.3. The molecule has 1 aliphatic heterocycles. The summed E-state index contributed by atoms with van der Waals surface area (Å²) in [5.74, 6) is 1.32. The van der Waals surface area contributed by atoms with E-state index in [9.17, 15) is 8.42 Å². The molecule has 0 aromatic carbocycles. The molecule has 1 N–H and O–H groups in total. The van der Waals surface area contributed by atoms with Crippen LogP contribution in [0.2, 0.25) is 0 Å². The van der Waals surface area contributed by atoms with Gasteiger partial charge in [0.2, 0.25) is 10.0 Å². The van der Waals surface area contributed by atoms with Crippen LogP contribution in [0.25, 0.3) is 0 Å². The minimum absolute atomic E-state index is 0.321. The van der Waals surface area contributed by atoms with E-state index in [1.807, 2.05) is 20.8 Å². The van der Waals surface area contributed by atoms with Crippen LogP contribution in [-0.4, -0.2) is 43.6 Å². The van der Waals surface area contributed by atoms with E-state index in [2.05, 4.69) is 19.2 Å². The van der Waals surface area contributed by atoms with Gasteiger partial charge >= 0.3 is 0 Å². The molecule has 0 bridgehead atoms. The molecule has 2 atom stereocenters. The van der Waals surface area contributed by atoms with Gasteiger partial charge in [0.1, 0.15) is 0 Å². The first-order valence-corrected chi connectivity index (χ1v) is 9.47. The van der Waals surface area contributed by atoms with E-state index in [0.29, 0.717) is 37.5 Å². The van der Waals surface area contributed by atoms with Gasteiger partial charge in [-0.25, -0.2) is 12.7 Å².